The lowest BCUT2D eigenvalue weighted by molar-refractivity contribution is 0.101. The van der Waals surface area contributed by atoms with E-state index in [1.165, 1.54) is 9.96 Å². The maximum atomic E-state index is 13.4. The number of benzene rings is 2. The lowest BCUT2D eigenvalue weighted by atomic mass is 10.1. The molecule has 0 aliphatic heterocycles. The number of nitrogens with one attached hydrogen (secondary N) is 1. The number of unbranched alkanes of at least 4 members (excludes halogenated alkanes) is 1. The van der Waals surface area contributed by atoms with E-state index >= 15 is 0 Å². The molecule has 0 bridgehead atoms. The highest BCUT2D eigenvalue weighted by molar-refractivity contribution is 6.06. The molecule has 0 saturated heterocycles. The third-order valence-electron chi connectivity index (χ3n) is 6.02. The lowest BCUT2D eigenvalue weighted by Crippen LogP contribution is -2.18. The normalized spacial score (nSPS) is 11.2. The number of pyridine rings is 1. The van der Waals surface area contributed by atoms with E-state index in [1.54, 1.807) is 24.4 Å². The zero-order chi connectivity index (χ0) is 23.5. The number of carbonyl (C=O) groups excluding carboxylic acids is 1. The maximum Gasteiger partial charge on any atom is 0.272 e. The number of rotatable bonds is 7. The van der Waals surface area contributed by atoms with Crippen LogP contribution in [-0.4, -0.2) is 19.9 Å². The van der Waals surface area contributed by atoms with E-state index in [9.17, 15) is 9.59 Å². The first-order valence-electron chi connectivity index (χ1n) is 11.6. The van der Waals surface area contributed by atoms with Crippen LogP contribution in [0.4, 0.5) is 5.69 Å². The first-order chi connectivity index (χ1) is 16.6. The Morgan fingerprint density at radius 2 is 1.71 bits per heavy atom. The van der Waals surface area contributed by atoms with Crippen molar-refractivity contribution in [3.8, 4) is 0 Å². The molecule has 3 heterocycles. The minimum absolute atomic E-state index is 0.193. The summed E-state index contributed by atoms with van der Waals surface area (Å²) in [5.74, 6) is -0.274. The Morgan fingerprint density at radius 3 is 2.47 bits per heavy atom. The van der Waals surface area contributed by atoms with E-state index in [-0.39, 0.29) is 11.5 Å². The lowest BCUT2D eigenvalue weighted by Gasteiger charge is -2.12. The fourth-order valence-corrected chi connectivity index (χ4v) is 4.20. The number of fused-ring (bicyclic) bond motifs is 2. The molecule has 1 N–H and O–H groups in total. The minimum atomic E-state index is -0.274. The van der Waals surface area contributed by atoms with Gasteiger partial charge < -0.3 is 9.88 Å². The van der Waals surface area contributed by atoms with Crippen LogP contribution in [0.3, 0.4) is 0 Å². The van der Waals surface area contributed by atoms with Gasteiger partial charge in [-0.1, -0.05) is 61.9 Å². The number of aromatic nitrogens is 3. The van der Waals surface area contributed by atoms with Crippen LogP contribution in [0.15, 0.2) is 89.9 Å². The monoisotopic (exact) mass is 450 g/mol. The molecule has 5 aromatic rings. The van der Waals surface area contributed by atoms with E-state index in [2.05, 4.69) is 12.2 Å². The molecule has 0 aliphatic carbocycles. The largest absolute Gasteiger partial charge is 0.321 e. The number of nitrogens with zero attached hydrogens (tertiary/aromatic N) is 3. The van der Waals surface area contributed by atoms with Crippen molar-refractivity contribution >= 4 is 28.3 Å². The van der Waals surface area contributed by atoms with Gasteiger partial charge in [0.25, 0.3) is 11.5 Å². The number of carbonyl (C=O) groups is 1. The zero-order valence-corrected chi connectivity index (χ0v) is 19.1. The molecule has 6 heteroatoms. The molecule has 34 heavy (non-hydrogen) atoms. The van der Waals surface area contributed by atoms with Crippen LogP contribution in [0.2, 0.25) is 0 Å². The third kappa shape index (κ3) is 4.22. The van der Waals surface area contributed by atoms with Crippen molar-refractivity contribution in [1.82, 2.24) is 14.0 Å². The molecule has 0 spiro atoms. The van der Waals surface area contributed by atoms with Gasteiger partial charge in [-0.15, -0.1) is 0 Å². The fraction of sp³-hybridized carbons (Fsp3) is 0.179. The average molecular weight is 451 g/mol. The maximum absolute atomic E-state index is 13.4. The van der Waals surface area contributed by atoms with Crippen molar-refractivity contribution in [2.45, 2.75) is 32.7 Å². The molecule has 5 rings (SSSR count). The summed E-state index contributed by atoms with van der Waals surface area (Å²) in [4.78, 5) is 31.3. The second-order valence-electron chi connectivity index (χ2n) is 8.44. The van der Waals surface area contributed by atoms with Gasteiger partial charge >= 0.3 is 0 Å². The molecule has 0 aliphatic rings. The van der Waals surface area contributed by atoms with E-state index in [4.69, 9.17) is 4.98 Å². The van der Waals surface area contributed by atoms with Gasteiger partial charge in [-0.05, 0) is 54.3 Å². The number of hydrogen-bond acceptors (Lipinski definition) is 3. The first-order valence-corrected chi connectivity index (χ1v) is 11.6. The standard InChI is InChI=1S/C28H26N4O2/c1-2-3-9-20-13-15-22(16-14-20)29-27(33)24-18-23-26(32(24)19-21-10-5-4-6-11-21)30-25-12-7-8-17-31(25)28(23)34/h4-8,10-18H,2-3,9,19H2,1H3,(H,29,33). The summed E-state index contributed by atoms with van der Waals surface area (Å²) < 4.78 is 3.33. The summed E-state index contributed by atoms with van der Waals surface area (Å²) in [7, 11) is 0. The Hall–Kier alpha value is -4.19. The Morgan fingerprint density at radius 1 is 0.941 bits per heavy atom. The average Bonchev–Trinajstić information content (AvgIpc) is 3.23. The van der Waals surface area contributed by atoms with Gasteiger partial charge in [0.2, 0.25) is 0 Å². The van der Waals surface area contributed by atoms with Crippen LogP contribution in [0.1, 0.15) is 41.4 Å². The van der Waals surface area contributed by atoms with Gasteiger partial charge in [-0.25, -0.2) is 4.98 Å². The van der Waals surface area contributed by atoms with Gasteiger partial charge in [0.15, 0.2) is 0 Å². The highest BCUT2D eigenvalue weighted by Crippen LogP contribution is 2.20. The molecule has 170 valence electrons. The highest BCUT2D eigenvalue weighted by Gasteiger charge is 2.20. The Kier molecular flexibility index (Phi) is 5.95. The van der Waals surface area contributed by atoms with E-state index in [0.717, 1.165) is 30.5 Å². The van der Waals surface area contributed by atoms with Gasteiger partial charge in [-0.3, -0.25) is 14.0 Å². The first kappa shape index (κ1) is 21.6. The number of anilines is 1. The molecule has 1 amide bonds. The molecular weight excluding hydrogens is 424 g/mol. The summed E-state index contributed by atoms with van der Waals surface area (Å²) in [6.07, 6.45) is 5.01. The number of aryl methyl sites for hydroxylation is 1. The van der Waals surface area contributed by atoms with Crippen molar-refractivity contribution in [3.63, 3.8) is 0 Å². The SMILES string of the molecule is CCCCc1ccc(NC(=O)c2cc3c(=O)n4ccccc4nc3n2Cc2ccccc2)cc1. The Labute approximate surface area is 197 Å². The summed E-state index contributed by atoms with van der Waals surface area (Å²) in [5, 5.41) is 3.41. The summed E-state index contributed by atoms with van der Waals surface area (Å²) in [5.41, 5.74) is 4.24. The predicted molar refractivity (Wildman–Crippen MR) is 136 cm³/mol. The summed E-state index contributed by atoms with van der Waals surface area (Å²) in [6, 6.07) is 24.9. The van der Waals surface area contributed by atoms with E-state index in [0.29, 0.717) is 28.9 Å². The molecule has 0 fully saturated rings. The van der Waals surface area contributed by atoms with Crippen LogP contribution in [0, 0.1) is 0 Å². The van der Waals surface area contributed by atoms with E-state index < -0.39 is 0 Å². The molecule has 0 unspecified atom stereocenters. The second kappa shape index (κ2) is 9.35. The van der Waals surface area contributed by atoms with Crippen molar-refractivity contribution in [3.05, 3.63) is 112 Å². The van der Waals surface area contributed by atoms with Crippen LogP contribution < -0.4 is 10.9 Å². The van der Waals surface area contributed by atoms with Crippen LogP contribution in [-0.2, 0) is 13.0 Å². The van der Waals surface area contributed by atoms with E-state index in [1.807, 2.05) is 65.2 Å². The minimum Gasteiger partial charge on any atom is -0.321 e. The molecule has 0 radical (unpaired) electrons. The van der Waals surface area contributed by atoms with Gasteiger partial charge in [0, 0.05) is 18.4 Å². The van der Waals surface area contributed by atoms with Crippen molar-refractivity contribution in [2.75, 3.05) is 5.32 Å². The third-order valence-corrected chi connectivity index (χ3v) is 6.02. The predicted octanol–water partition coefficient (Wildman–Crippen LogP) is 5.29. The molecule has 2 aromatic carbocycles. The highest BCUT2D eigenvalue weighted by atomic mass is 16.2. The zero-order valence-electron chi connectivity index (χ0n) is 19.1. The fourth-order valence-electron chi connectivity index (χ4n) is 4.20. The van der Waals surface area contributed by atoms with Crippen molar-refractivity contribution in [1.29, 1.82) is 0 Å². The van der Waals surface area contributed by atoms with Crippen LogP contribution in [0.25, 0.3) is 16.7 Å². The topological polar surface area (TPSA) is 68.4 Å². The molecule has 6 nitrogen and oxygen atoms in total. The second-order valence-corrected chi connectivity index (χ2v) is 8.44. The number of hydrogen-bond donors (Lipinski definition) is 1. The van der Waals surface area contributed by atoms with Gasteiger partial charge in [-0.2, -0.15) is 0 Å². The Bertz CT molecular complexity index is 1520. The number of amides is 1. The van der Waals surface area contributed by atoms with Gasteiger partial charge in [0.05, 0.1) is 5.39 Å². The van der Waals surface area contributed by atoms with Crippen LogP contribution >= 0.6 is 0 Å². The molecular formula is C28H26N4O2. The molecule has 0 atom stereocenters. The Balaban J connectivity index is 1.56. The summed E-state index contributed by atoms with van der Waals surface area (Å²) in [6.45, 7) is 2.60. The summed E-state index contributed by atoms with van der Waals surface area (Å²) >= 11 is 0. The van der Waals surface area contributed by atoms with Gasteiger partial charge in [0.1, 0.15) is 17.0 Å². The van der Waals surface area contributed by atoms with Crippen LogP contribution in [0.5, 0.6) is 0 Å². The quantitative estimate of drug-likeness (QED) is 0.366. The van der Waals surface area contributed by atoms with Crippen molar-refractivity contribution in [2.24, 2.45) is 0 Å². The smallest absolute Gasteiger partial charge is 0.272 e. The molecule has 3 aromatic heterocycles. The van der Waals surface area contributed by atoms with Crippen molar-refractivity contribution < 1.29 is 4.79 Å². The molecule has 0 saturated carbocycles.